The largest absolute Gasteiger partial charge is 0.310 e. The molecule has 0 aliphatic heterocycles. The molecule has 3 nitrogen and oxygen atoms in total. The van der Waals surface area contributed by atoms with E-state index in [0.29, 0.717) is 21.7 Å². The van der Waals surface area contributed by atoms with Gasteiger partial charge in [-0.25, -0.2) is 4.98 Å². The molecular weight excluding hydrogens is 212 g/mol. The van der Waals surface area contributed by atoms with Gasteiger partial charge in [-0.05, 0) is 31.0 Å². The van der Waals surface area contributed by atoms with Gasteiger partial charge in [-0.3, -0.25) is 4.79 Å². The number of H-pyrrole nitrogens is 1. The minimum atomic E-state index is -0.108. The summed E-state index contributed by atoms with van der Waals surface area (Å²) in [5.41, 5.74) is 1.52. The van der Waals surface area contributed by atoms with Crippen LogP contribution in [-0.2, 0) is 6.42 Å². The zero-order chi connectivity index (χ0) is 11.0. The number of fused-ring (bicyclic) bond motifs is 1. The molecule has 1 aromatic carbocycles. The Morgan fingerprint density at radius 3 is 2.87 bits per heavy atom. The molecule has 2 aromatic rings. The van der Waals surface area contributed by atoms with Crippen LogP contribution in [0, 0.1) is 6.92 Å². The van der Waals surface area contributed by atoms with E-state index in [0.717, 1.165) is 12.0 Å². The summed E-state index contributed by atoms with van der Waals surface area (Å²) in [6.07, 6.45) is 0.808. The Balaban J connectivity index is 2.87. The van der Waals surface area contributed by atoms with Gasteiger partial charge in [0.1, 0.15) is 5.82 Å². The summed E-state index contributed by atoms with van der Waals surface area (Å²) in [4.78, 5) is 18.5. The van der Waals surface area contributed by atoms with Crippen LogP contribution in [0.15, 0.2) is 16.9 Å². The molecule has 0 bridgehead atoms. The molecule has 0 aliphatic carbocycles. The lowest BCUT2D eigenvalue weighted by Gasteiger charge is -2.03. The smallest absolute Gasteiger partial charge is 0.258 e. The van der Waals surface area contributed by atoms with Crippen molar-refractivity contribution in [2.24, 2.45) is 0 Å². The summed E-state index contributed by atoms with van der Waals surface area (Å²) in [6, 6.07) is 3.56. The van der Waals surface area contributed by atoms with E-state index >= 15 is 0 Å². The van der Waals surface area contributed by atoms with Crippen LogP contribution in [0.5, 0.6) is 0 Å². The number of aromatic nitrogens is 2. The standard InChI is InChI=1S/C11H11ClN2O/c1-3-7-4-8-10(5-9(7)12)13-6(2)14-11(8)15/h4-5H,3H2,1-2H3,(H,13,14,15). The summed E-state index contributed by atoms with van der Waals surface area (Å²) in [5, 5.41) is 1.27. The minimum Gasteiger partial charge on any atom is -0.310 e. The Hall–Kier alpha value is -1.35. The van der Waals surface area contributed by atoms with E-state index in [2.05, 4.69) is 9.97 Å². The van der Waals surface area contributed by atoms with Crippen molar-refractivity contribution in [1.29, 1.82) is 0 Å². The minimum absolute atomic E-state index is 0.108. The highest BCUT2D eigenvalue weighted by Gasteiger charge is 2.06. The quantitative estimate of drug-likeness (QED) is 0.806. The Morgan fingerprint density at radius 2 is 2.20 bits per heavy atom. The molecule has 0 atom stereocenters. The average Bonchev–Trinajstić information content (AvgIpc) is 2.16. The molecule has 2 rings (SSSR count). The maximum absolute atomic E-state index is 11.6. The number of hydrogen-bond acceptors (Lipinski definition) is 2. The van der Waals surface area contributed by atoms with Crippen molar-refractivity contribution in [3.63, 3.8) is 0 Å². The third-order valence-corrected chi connectivity index (χ3v) is 2.72. The van der Waals surface area contributed by atoms with Gasteiger partial charge in [-0.15, -0.1) is 0 Å². The monoisotopic (exact) mass is 222 g/mol. The van der Waals surface area contributed by atoms with Gasteiger partial charge >= 0.3 is 0 Å². The first-order chi connectivity index (χ1) is 7.11. The highest BCUT2D eigenvalue weighted by Crippen LogP contribution is 2.21. The summed E-state index contributed by atoms with van der Waals surface area (Å²) in [6.45, 7) is 3.76. The molecule has 1 N–H and O–H groups in total. The van der Waals surface area contributed by atoms with E-state index in [1.807, 2.05) is 13.0 Å². The van der Waals surface area contributed by atoms with Gasteiger partial charge in [0.25, 0.3) is 5.56 Å². The van der Waals surface area contributed by atoms with Crippen LogP contribution in [0.2, 0.25) is 5.02 Å². The number of rotatable bonds is 1. The molecular formula is C11H11ClN2O. The van der Waals surface area contributed by atoms with E-state index in [1.54, 1.807) is 13.0 Å². The molecule has 0 saturated carbocycles. The molecule has 0 fully saturated rings. The van der Waals surface area contributed by atoms with E-state index < -0.39 is 0 Å². The van der Waals surface area contributed by atoms with Crippen molar-refractivity contribution < 1.29 is 0 Å². The van der Waals surface area contributed by atoms with E-state index in [-0.39, 0.29) is 5.56 Å². The van der Waals surface area contributed by atoms with Gasteiger partial charge in [-0.1, -0.05) is 18.5 Å². The van der Waals surface area contributed by atoms with Crippen molar-refractivity contribution in [3.05, 3.63) is 38.9 Å². The number of hydrogen-bond donors (Lipinski definition) is 1. The van der Waals surface area contributed by atoms with Gasteiger partial charge in [0.05, 0.1) is 10.9 Å². The predicted octanol–water partition coefficient (Wildman–Crippen LogP) is 2.45. The average molecular weight is 223 g/mol. The summed E-state index contributed by atoms with van der Waals surface area (Å²) < 4.78 is 0. The van der Waals surface area contributed by atoms with Crippen molar-refractivity contribution in [2.45, 2.75) is 20.3 Å². The van der Waals surface area contributed by atoms with Crippen LogP contribution in [0.3, 0.4) is 0 Å². The lowest BCUT2D eigenvalue weighted by molar-refractivity contribution is 1.05. The van der Waals surface area contributed by atoms with Crippen molar-refractivity contribution in [2.75, 3.05) is 0 Å². The maximum Gasteiger partial charge on any atom is 0.258 e. The van der Waals surface area contributed by atoms with Crippen molar-refractivity contribution in [3.8, 4) is 0 Å². The molecule has 1 heterocycles. The first-order valence-electron chi connectivity index (χ1n) is 4.81. The highest BCUT2D eigenvalue weighted by atomic mass is 35.5. The number of benzene rings is 1. The number of nitrogens with one attached hydrogen (secondary N) is 1. The van der Waals surface area contributed by atoms with Crippen molar-refractivity contribution in [1.82, 2.24) is 9.97 Å². The fraction of sp³-hybridized carbons (Fsp3) is 0.273. The number of halogens is 1. The van der Waals surface area contributed by atoms with Crippen LogP contribution in [0.25, 0.3) is 10.9 Å². The fourth-order valence-electron chi connectivity index (χ4n) is 1.59. The molecule has 0 saturated heterocycles. The van der Waals surface area contributed by atoms with Crippen molar-refractivity contribution >= 4 is 22.5 Å². The summed E-state index contributed by atoms with van der Waals surface area (Å²) >= 11 is 6.06. The molecule has 1 aromatic heterocycles. The third kappa shape index (κ3) is 1.75. The normalized spacial score (nSPS) is 10.9. The predicted molar refractivity (Wildman–Crippen MR) is 61.5 cm³/mol. The third-order valence-electron chi connectivity index (χ3n) is 2.37. The SMILES string of the molecule is CCc1cc2c(=O)[nH]c(C)nc2cc1Cl. The molecule has 0 radical (unpaired) electrons. The van der Waals surface area contributed by atoms with Gasteiger partial charge in [0, 0.05) is 5.02 Å². The fourth-order valence-corrected chi connectivity index (χ4v) is 1.88. The zero-order valence-electron chi connectivity index (χ0n) is 8.60. The Bertz CT molecular complexity index is 575. The van der Waals surface area contributed by atoms with Crippen LogP contribution in [0.1, 0.15) is 18.3 Å². The second-order valence-electron chi connectivity index (χ2n) is 3.47. The summed E-state index contributed by atoms with van der Waals surface area (Å²) in [7, 11) is 0. The highest BCUT2D eigenvalue weighted by molar-refractivity contribution is 6.32. The Kier molecular flexibility index (Phi) is 2.49. The first kappa shape index (κ1) is 10.2. The second-order valence-corrected chi connectivity index (χ2v) is 3.87. The molecule has 0 amide bonds. The van der Waals surface area contributed by atoms with Crippen LogP contribution in [0.4, 0.5) is 0 Å². The second kappa shape index (κ2) is 3.66. The van der Waals surface area contributed by atoms with Gasteiger partial charge in [0.2, 0.25) is 0 Å². The maximum atomic E-state index is 11.6. The zero-order valence-corrected chi connectivity index (χ0v) is 9.35. The first-order valence-corrected chi connectivity index (χ1v) is 5.18. The molecule has 0 aliphatic rings. The van der Waals surface area contributed by atoms with Gasteiger partial charge < -0.3 is 4.98 Å². The molecule has 0 unspecified atom stereocenters. The lowest BCUT2D eigenvalue weighted by atomic mass is 10.1. The van der Waals surface area contributed by atoms with Crippen LogP contribution >= 0.6 is 11.6 Å². The van der Waals surface area contributed by atoms with E-state index in [1.165, 1.54) is 0 Å². The topological polar surface area (TPSA) is 45.8 Å². The molecule has 0 spiro atoms. The molecule has 4 heteroatoms. The van der Waals surface area contributed by atoms with E-state index in [9.17, 15) is 4.79 Å². The summed E-state index contributed by atoms with van der Waals surface area (Å²) in [5.74, 6) is 0.604. The molecule has 78 valence electrons. The lowest BCUT2D eigenvalue weighted by Crippen LogP contribution is -2.10. The van der Waals surface area contributed by atoms with E-state index in [4.69, 9.17) is 11.6 Å². The molecule has 15 heavy (non-hydrogen) atoms. The Labute approximate surface area is 92.1 Å². The van der Waals surface area contributed by atoms with Gasteiger partial charge in [0.15, 0.2) is 0 Å². The number of aryl methyl sites for hydroxylation is 2. The van der Waals surface area contributed by atoms with Crippen LogP contribution < -0.4 is 5.56 Å². The van der Waals surface area contributed by atoms with Gasteiger partial charge in [-0.2, -0.15) is 0 Å². The Morgan fingerprint density at radius 1 is 1.47 bits per heavy atom. The van der Waals surface area contributed by atoms with Crippen LogP contribution in [-0.4, -0.2) is 9.97 Å². The number of nitrogens with zero attached hydrogens (tertiary/aromatic N) is 1. The number of aromatic amines is 1.